The number of carbonyl (C=O) groups excluding carboxylic acids is 1. The molecular weight excluding hydrogens is 469 g/mol. The van der Waals surface area contributed by atoms with E-state index in [0.717, 1.165) is 6.07 Å². The Morgan fingerprint density at radius 1 is 1.06 bits per heavy atom. The second-order valence-electron chi connectivity index (χ2n) is 8.03. The molecule has 0 aliphatic heterocycles. The number of oxime groups is 1. The molecule has 32 heavy (non-hydrogen) atoms. The predicted octanol–water partition coefficient (Wildman–Crippen LogP) is 4.80. The van der Waals surface area contributed by atoms with Crippen molar-refractivity contribution in [2.45, 2.75) is 35.8 Å². The van der Waals surface area contributed by atoms with Crippen LogP contribution in [0.3, 0.4) is 0 Å². The standard InChI is InChI=1S/C21H18ClF3N2O4S/c22-15-4-3-12(21(28)26-13-8-16(23)19(25)17(24)9-13)7-18(15)32(30,31)20-10-1-2-11(20)6-14(5-10)27-29/h3-4,7-11,20,29H,1-2,5-6H2,(H,26,28)/b27-14-/t10-,11?,20+/m0/s1. The molecular formula is C21H18ClF3N2O4S. The normalized spacial score (nSPS) is 24.0. The molecule has 1 unspecified atom stereocenters. The molecule has 0 saturated heterocycles. The van der Waals surface area contributed by atoms with Gasteiger partial charge in [0.25, 0.3) is 5.91 Å². The summed E-state index contributed by atoms with van der Waals surface area (Å²) in [6.07, 6.45) is 2.09. The first-order chi connectivity index (χ1) is 15.1. The maximum Gasteiger partial charge on any atom is 0.255 e. The molecule has 1 amide bonds. The summed E-state index contributed by atoms with van der Waals surface area (Å²) in [7, 11) is -3.93. The Balaban J connectivity index is 1.64. The lowest BCUT2D eigenvalue weighted by atomic mass is 9.87. The number of nitrogens with one attached hydrogen (secondary N) is 1. The highest BCUT2D eigenvalue weighted by molar-refractivity contribution is 7.92. The minimum atomic E-state index is -3.93. The molecule has 2 saturated carbocycles. The number of benzene rings is 2. The molecule has 170 valence electrons. The second kappa shape index (κ2) is 8.40. The van der Waals surface area contributed by atoms with E-state index in [2.05, 4.69) is 10.5 Å². The van der Waals surface area contributed by atoms with Gasteiger partial charge in [-0.1, -0.05) is 16.8 Å². The zero-order chi connectivity index (χ0) is 23.2. The third-order valence-electron chi connectivity index (χ3n) is 6.07. The molecule has 2 aliphatic carbocycles. The zero-order valence-corrected chi connectivity index (χ0v) is 18.1. The highest BCUT2D eigenvalue weighted by atomic mass is 35.5. The van der Waals surface area contributed by atoms with Crippen molar-refractivity contribution in [1.82, 2.24) is 0 Å². The van der Waals surface area contributed by atoms with E-state index in [1.165, 1.54) is 12.1 Å². The van der Waals surface area contributed by atoms with E-state index in [-0.39, 0.29) is 33.0 Å². The lowest BCUT2D eigenvalue weighted by Gasteiger charge is -2.30. The first kappa shape index (κ1) is 22.6. The number of fused-ring (bicyclic) bond motifs is 2. The summed E-state index contributed by atoms with van der Waals surface area (Å²) in [5, 5.41) is 13.8. The van der Waals surface area contributed by atoms with Crippen LogP contribution in [-0.4, -0.2) is 30.5 Å². The number of sulfone groups is 1. The molecule has 2 aliphatic rings. The Morgan fingerprint density at radius 2 is 1.66 bits per heavy atom. The highest BCUT2D eigenvalue weighted by Crippen LogP contribution is 2.47. The van der Waals surface area contributed by atoms with Crippen LogP contribution in [0.1, 0.15) is 36.0 Å². The van der Waals surface area contributed by atoms with E-state index in [9.17, 15) is 26.4 Å². The smallest absolute Gasteiger partial charge is 0.255 e. The summed E-state index contributed by atoms with van der Waals surface area (Å²) in [5.74, 6) is -5.90. The van der Waals surface area contributed by atoms with Crippen LogP contribution in [-0.2, 0) is 9.84 Å². The van der Waals surface area contributed by atoms with E-state index in [1.54, 1.807) is 0 Å². The number of amides is 1. The average molecular weight is 487 g/mol. The molecule has 2 bridgehead atoms. The van der Waals surface area contributed by atoms with E-state index < -0.39 is 38.4 Å². The molecule has 0 aromatic heterocycles. The Hall–Kier alpha value is -2.59. The van der Waals surface area contributed by atoms with Crippen LogP contribution in [0.2, 0.25) is 5.02 Å². The summed E-state index contributed by atoms with van der Waals surface area (Å²) in [5.41, 5.74) is 0.146. The lowest BCUT2D eigenvalue weighted by Crippen LogP contribution is -2.37. The van der Waals surface area contributed by atoms with Crippen molar-refractivity contribution in [3.05, 3.63) is 58.4 Å². The van der Waals surface area contributed by atoms with Gasteiger partial charge in [0.1, 0.15) is 0 Å². The maximum absolute atomic E-state index is 13.5. The predicted molar refractivity (Wildman–Crippen MR) is 111 cm³/mol. The molecule has 2 aromatic rings. The first-order valence-electron chi connectivity index (χ1n) is 9.81. The summed E-state index contributed by atoms with van der Waals surface area (Å²) < 4.78 is 66.9. The molecule has 0 radical (unpaired) electrons. The van der Waals surface area contributed by atoms with Crippen molar-refractivity contribution in [2.24, 2.45) is 17.0 Å². The van der Waals surface area contributed by atoms with Gasteiger partial charge in [-0.2, -0.15) is 0 Å². The number of rotatable bonds is 4. The van der Waals surface area contributed by atoms with Gasteiger partial charge in [-0.3, -0.25) is 4.79 Å². The molecule has 0 heterocycles. The van der Waals surface area contributed by atoms with Crippen LogP contribution in [0.4, 0.5) is 18.9 Å². The van der Waals surface area contributed by atoms with Crippen LogP contribution >= 0.6 is 11.6 Å². The van der Waals surface area contributed by atoms with E-state index in [4.69, 9.17) is 16.8 Å². The highest BCUT2D eigenvalue weighted by Gasteiger charge is 2.49. The van der Waals surface area contributed by atoms with Gasteiger partial charge in [0.05, 0.1) is 20.9 Å². The Labute approximate surface area is 187 Å². The number of halogens is 4. The molecule has 0 spiro atoms. The number of anilines is 1. The van der Waals surface area contributed by atoms with E-state index >= 15 is 0 Å². The number of nitrogens with zero attached hydrogens (tertiary/aromatic N) is 1. The third kappa shape index (κ3) is 3.97. The summed E-state index contributed by atoms with van der Waals surface area (Å²) in [4.78, 5) is 12.4. The van der Waals surface area contributed by atoms with Gasteiger partial charge in [0.15, 0.2) is 27.3 Å². The number of hydrogen-bond donors (Lipinski definition) is 2. The van der Waals surface area contributed by atoms with Crippen LogP contribution in [0.25, 0.3) is 0 Å². The second-order valence-corrected chi connectivity index (χ2v) is 10.5. The quantitative estimate of drug-likeness (QED) is 0.368. The van der Waals surface area contributed by atoms with Crippen molar-refractivity contribution in [3.8, 4) is 0 Å². The van der Waals surface area contributed by atoms with Crippen molar-refractivity contribution >= 4 is 38.7 Å². The van der Waals surface area contributed by atoms with Crippen LogP contribution in [0, 0.1) is 29.3 Å². The van der Waals surface area contributed by atoms with Gasteiger partial charge in [0.2, 0.25) is 0 Å². The Morgan fingerprint density at radius 3 is 2.22 bits per heavy atom. The molecule has 2 N–H and O–H groups in total. The monoisotopic (exact) mass is 486 g/mol. The van der Waals surface area contributed by atoms with Crippen molar-refractivity contribution in [2.75, 3.05) is 5.32 Å². The average Bonchev–Trinajstić information content (AvgIpc) is 3.03. The maximum atomic E-state index is 13.5. The third-order valence-corrected chi connectivity index (χ3v) is 8.95. The topological polar surface area (TPSA) is 95.8 Å². The number of hydrogen-bond acceptors (Lipinski definition) is 5. The zero-order valence-electron chi connectivity index (χ0n) is 16.5. The fourth-order valence-electron chi connectivity index (χ4n) is 4.70. The Bertz CT molecular complexity index is 1200. The van der Waals surface area contributed by atoms with Crippen molar-refractivity contribution in [1.29, 1.82) is 0 Å². The molecule has 2 aromatic carbocycles. The fourth-order valence-corrected chi connectivity index (χ4v) is 7.54. The van der Waals surface area contributed by atoms with E-state index in [1.807, 2.05) is 0 Å². The largest absolute Gasteiger partial charge is 0.411 e. The van der Waals surface area contributed by atoms with Crippen LogP contribution < -0.4 is 5.32 Å². The van der Waals surface area contributed by atoms with Gasteiger partial charge < -0.3 is 10.5 Å². The summed E-state index contributed by atoms with van der Waals surface area (Å²) in [6.45, 7) is 0. The van der Waals surface area contributed by atoms with Gasteiger partial charge >= 0.3 is 0 Å². The van der Waals surface area contributed by atoms with Gasteiger partial charge in [0, 0.05) is 23.4 Å². The van der Waals surface area contributed by atoms with Gasteiger partial charge in [-0.25, -0.2) is 21.6 Å². The summed E-state index contributed by atoms with van der Waals surface area (Å²) >= 11 is 6.18. The lowest BCUT2D eigenvalue weighted by molar-refractivity contribution is 0.102. The van der Waals surface area contributed by atoms with E-state index in [0.29, 0.717) is 43.5 Å². The van der Waals surface area contributed by atoms with Crippen molar-refractivity contribution in [3.63, 3.8) is 0 Å². The molecule has 6 nitrogen and oxygen atoms in total. The molecule has 3 atom stereocenters. The van der Waals surface area contributed by atoms with Gasteiger partial charge in [-0.15, -0.1) is 0 Å². The molecule has 4 rings (SSSR count). The SMILES string of the molecule is O=C(Nc1cc(F)c(F)c(F)c1)c1ccc(Cl)c(S(=O)(=O)[C@H]2C3CC[C@H]2C/C(=N/O)C3)c1. The Kier molecular flexibility index (Phi) is 5.93. The van der Waals surface area contributed by atoms with Gasteiger partial charge in [-0.05, 0) is 55.7 Å². The first-order valence-corrected chi connectivity index (χ1v) is 11.7. The minimum absolute atomic E-state index is 0.0542. The molecule has 11 heteroatoms. The van der Waals surface area contributed by atoms with Crippen LogP contribution in [0.15, 0.2) is 40.4 Å². The summed E-state index contributed by atoms with van der Waals surface area (Å²) in [6, 6.07) is 4.89. The minimum Gasteiger partial charge on any atom is -0.411 e. The van der Waals surface area contributed by atoms with Crippen molar-refractivity contribution < 1.29 is 31.6 Å². The van der Waals surface area contributed by atoms with Crippen LogP contribution in [0.5, 0.6) is 0 Å². The fraction of sp³-hybridized carbons (Fsp3) is 0.333. The molecule has 2 fully saturated rings. The number of carbonyl (C=O) groups is 1.